The molecule has 0 aliphatic heterocycles. The molecule has 0 aliphatic carbocycles. The molecule has 0 aliphatic rings. The Labute approximate surface area is 112 Å². The Morgan fingerprint density at radius 1 is 1.05 bits per heavy atom. The lowest BCUT2D eigenvalue weighted by atomic mass is 9.96. The molecule has 0 saturated carbocycles. The number of hydrazine groups is 1. The zero-order valence-corrected chi connectivity index (χ0v) is 10.5. The first-order valence-corrected chi connectivity index (χ1v) is 6.33. The van der Waals surface area contributed by atoms with E-state index in [4.69, 9.17) is 10.3 Å². The Bertz CT molecular complexity index is 656. The second kappa shape index (κ2) is 5.26. The number of benzene rings is 2. The molecular formula is C16H16N2O. The number of nitrogens with two attached hydrogens (primary N) is 1. The van der Waals surface area contributed by atoms with E-state index in [2.05, 4.69) is 47.9 Å². The van der Waals surface area contributed by atoms with Crippen LogP contribution in [0, 0.1) is 0 Å². The number of furan rings is 1. The standard InChI is InChI=1S/C16H16N2O/c17-18-16(14-8-9-19-11-14)10-13-6-3-5-12-4-1-2-7-15(12)13/h1-9,11,16,18H,10,17H2. The fourth-order valence-electron chi connectivity index (χ4n) is 2.44. The molecule has 0 amide bonds. The largest absolute Gasteiger partial charge is 0.472 e. The van der Waals surface area contributed by atoms with Gasteiger partial charge in [0.25, 0.3) is 0 Å². The predicted molar refractivity (Wildman–Crippen MR) is 76.4 cm³/mol. The molecule has 96 valence electrons. The molecule has 0 saturated heterocycles. The van der Waals surface area contributed by atoms with Crippen LogP contribution in [0.4, 0.5) is 0 Å². The molecule has 1 atom stereocenters. The van der Waals surface area contributed by atoms with Gasteiger partial charge in [0.2, 0.25) is 0 Å². The van der Waals surface area contributed by atoms with Crippen molar-refractivity contribution in [3.05, 3.63) is 72.2 Å². The van der Waals surface area contributed by atoms with Gasteiger partial charge in [0.1, 0.15) is 0 Å². The van der Waals surface area contributed by atoms with Gasteiger partial charge in [-0.2, -0.15) is 0 Å². The highest BCUT2D eigenvalue weighted by molar-refractivity contribution is 5.85. The van der Waals surface area contributed by atoms with Gasteiger partial charge in [0, 0.05) is 5.56 Å². The van der Waals surface area contributed by atoms with Crippen LogP contribution in [0.5, 0.6) is 0 Å². The van der Waals surface area contributed by atoms with E-state index in [1.54, 1.807) is 12.5 Å². The van der Waals surface area contributed by atoms with E-state index in [1.165, 1.54) is 16.3 Å². The van der Waals surface area contributed by atoms with E-state index < -0.39 is 0 Å². The quantitative estimate of drug-likeness (QED) is 0.554. The van der Waals surface area contributed by atoms with Crippen molar-refractivity contribution in [1.82, 2.24) is 5.43 Å². The number of nitrogens with one attached hydrogen (secondary N) is 1. The smallest absolute Gasteiger partial charge is 0.0950 e. The first kappa shape index (κ1) is 12.0. The summed E-state index contributed by atoms with van der Waals surface area (Å²) in [6.45, 7) is 0. The molecule has 1 aromatic heterocycles. The second-order valence-corrected chi connectivity index (χ2v) is 4.62. The summed E-state index contributed by atoms with van der Waals surface area (Å²) in [4.78, 5) is 0. The molecule has 1 unspecified atom stereocenters. The van der Waals surface area contributed by atoms with E-state index >= 15 is 0 Å². The SMILES string of the molecule is NNC(Cc1cccc2ccccc12)c1ccoc1. The van der Waals surface area contributed by atoms with Gasteiger partial charge >= 0.3 is 0 Å². The molecule has 3 N–H and O–H groups in total. The number of rotatable bonds is 4. The molecule has 3 nitrogen and oxygen atoms in total. The summed E-state index contributed by atoms with van der Waals surface area (Å²) in [6, 6.07) is 16.7. The lowest BCUT2D eigenvalue weighted by molar-refractivity contribution is 0.526. The zero-order chi connectivity index (χ0) is 13.1. The Hall–Kier alpha value is -2.10. The Kier molecular flexibility index (Phi) is 3.31. The molecule has 2 aromatic carbocycles. The van der Waals surface area contributed by atoms with E-state index in [9.17, 15) is 0 Å². The van der Waals surface area contributed by atoms with Crippen molar-refractivity contribution in [2.24, 2.45) is 5.84 Å². The third kappa shape index (κ3) is 2.38. The van der Waals surface area contributed by atoms with Crippen LogP contribution in [-0.2, 0) is 6.42 Å². The summed E-state index contributed by atoms with van der Waals surface area (Å²) in [6.07, 6.45) is 4.23. The Morgan fingerprint density at radius 2 is 1.89 bits per heavy atom. The normalized spacial score (nSPS) is 12.7. The zero-order valence-electron chi connectivity index (χ0n) is 10.5. The molecule has 0 spiro atoms. The van der Waals surface area contributed by atoms with Gasteiger partial charge in [-0.05, 0) is 28.8 Å². The van der Waals surface area contributed by atoms with Gasteiger partial charge in [-0.25, -0.2) is 0 Å². The van der Waals surface area contributed by atoms with Crippen LogP contribution in [0.15, 0.2) is 65.5 Å². The second-order valence-electron chi connectivity index (χ2n) is 4.62. The van der Waals surface area contributed by atoms with E-state index in [0.29, 0.717) is 0 Å². The summed E-state index contributed by atoms with van der Waals surface area (Å²) < 4.78 is 5.13. The minimum absolute atomic E-state index is 0.0598. The van der Waals surface area contributed by atoms with Crippen LogP contribution in [0.2, 0.25) is 0 Å². The summed E-state index contributed by atoms with van der Waals surface area (Å²) in [5, 5.41) is 2.52. The molecule has 3 aromatic rings. The molecule has 0 fully saturated rings. The van der Waals surface area contributed by atoms with Crippen molar-refractivity contribution in [3.8, 4) is 0 Å². The molecule has 3 rings (SSSR count). The highest BCUT2D eigenvalue weighted by Gasteiger charge is 2.13. The maximum atomic E-state index is 5.66. The molecule has 19 heavy (non-hydrogen) atoms. The first-order chi connectivity index (χ1) is 9.38. The summed E-state index contributed by atoms with van der Waals surface area (Å²) in [7, 11) is 0. The van der Waals surface area contributed by atoms with Crippen LogP contribution < -0.4 is 11.3 Å². The highest BCUT2D eigenvalue weighted by atomic mass is 16.3. The Balaban J connectivity index is 1.96. The van der Waals surface area contributed by atoms with Crippen LogP contribution in [0.25, 0.3) is 10.8 Å². The van der Waals surface area contributed by atoms with Gasteiger partial charge in [-0.15, -0.1) is 0 Å². The average Bonchev–Trinajstić information content (AvgIpc) is 2.99. The van der Waals surface area contributed by atoms with Crippen molar-refractivity contribution < 1.29 is 4.42 Å². The molecular weight excluding hydrogens is 236 g/mol. The summed E-state index contributed by atoms with van der Waals surface area (Å²) >= 11 is 0. The number of hydrogen-bond donors (Lipinski definition) is 2. The van der Waals surface area contributed by atoms with Gasteiger partial charge in [0.15, 0.2) is 0 Å². The van der Waals surface area contributed by atoms with Crippen molar-refractivity contribution >= 4 is 10.8 Å². The van der Waals surface area contributed by atoms with Crippen molar-refractivity contribution in [3.63, 3.8) is 0 Å². The average molecular weight is 252 g/mol. The fourth-order valence-corrected chi connectivity index (χ4v) is 2.44. The molecule has 0 bridgehead atoms. The number of hydrogen-bond acceptors (Lipinski definition) is 3. The van der Waals surface area contributed by atoms with Gasteiger partial charge < -0.3 is 4.42 Å². The van der Waals surface area contributed by atoms with Crippen LogP contribution in [0.1, 0.15) is 17.2 Å². The molecule has 3 heteroatoms. The van der Waals surface area contributed by atoms with Crippen molar-refractivity contribution in [2.75, 3.05) is 0 Å². The third-order valence-corrected chi connectivity index (χ3v) is 3.45. The fraction of sp³-hybridized carbons (Fsp3) is 0.125. The summed E-state index contributed by atoms with van der Waals surface area (Å²) in [5.41, 5.74) is 5.20. The monoisotopic (exact) mass is 252 g/mol. The predicted octanol–water partition coefficient (Wildman–Crippen LogP) is 3.18. The van der Waals surface area contributed by atoms with E-state index in [-0.39, 0.29) is 6.04 Å². The van der Waals surface area contributed by atoms with Crippen LogP contribution >= 0.6 is 0 Å². The highest BCUT2D eigenvalue weighted by Crippen LogP contribution is 2.24. The minimum Gasteiger partial charge on any atom is -0.472 e. The van der Waals surface area contributed by atoms with Gasteiger partial charge in [-0.1, -0.05) is 42.5 Å². The Morgan fingerprint density at radius 3 is 2.68 bits per heavy atom. The third-order valence-electron chi connectivity index (χ3n) is 3.45. The van der Waals surface area contributed by atoms with Gasteiger partial charge in [0.05, 0.1) is 18.6 Å². The number of fused-ring (bicyclic) bond motifs is 1. The minimum atomic E-state index is 0.0598. The lowest BCUT2D eigenvalue weighted by Gasteiger charge is -2.15. The van der Waals surface area contributed by atoms with E-state index in [1.807, 2.05) is 6.07 Å². The van der Waals surface area contributed by atoms with Crippen LogP contribution in [-0.4, -0.2) is 0 Å². The van der Waals surface area contributed by atoms with Crippen molar-refractivity contribution in [1.29, 1.82) is 0 Å². The van der Waals surface area contributed by atoms with Crippen molar-refractivity contribution in [2.45, 2.75) is 12.5 Å². The summed E-state index contributed by atoms with van der Waals surface area (Å²) in [5.74, 6) is 5.66. The molecule has 1 heterocycles. The lowest BCUT2D eigenvalue weighted by Crippen LogP contribution is -2.29. The van der Waals surface area contributed by atoms with E-state index in [0.717, 1.165) is 12.0 Å². The molecule has 0 radical (unpaired) electrons. The maximum absolute atomic E-state index is 5.66. The van der Waals surface area contributed by atoms with Crippen LogP contribution in [0.3, 0.4) is 0 Å². The van der Waals surface area contributed by atoms with Gasteiger partial charge in [-0.3, -0.25) is 11.3 Å². The maximum Gasteiger partial charge on any atom is 0.0950 e. The first-order valence-electron chi connectivity index (χ1n) is 6.33. The topological polar surface area (TPSA) is 51.2 Å².